The van der Waals surface area contributed by atoms with E-state index < -0.39 is 11.6 Å². The fourth-order valence-electron chi connectivity index (χ4n) is 1.12. The van der Waals surface area contributed by atoms with Crippen LogP contribution in [0.3, 0.4) is 0 Å². The molecule has 2 N–H and O–H groups in total. The molecule has 1 unspecified atom stereocenters. The minimum atomic E-state index is -4.30. The Morgan fingerprint density at radius 2 is 2.11 bits per heavy atom. The summed E-state index contributed by atoms with van der Waals surface area (Å²) in [6, 6.07) is 4.24. The smallest absolute Gasteiger partial charge is 0.390 e. The van der Waals surface area contributed by atoms with Crippen LogP contribution in [-0.4, -0.2) is 29.1 Å². The molecule has 18 heavy (non-hydrogen) atoms. The summed E-state index contributed by atoms with van der Waals surface area (Å²) in [4.78, 5) is 0.0952. The summed E-state index contributed by atoms with van der Waals surface area (Å²) in [6.45, 7) is 0.230. The van der Waals surface area contributed by atoms with Gasteiger partial charge >= 0.3 is 5.51 Å². The van der Waals surface area contributed by atoms with Gasteiger partial charge in [0.15, 0.2) is 0 Å². The Kier molecular flexibility index (Phi) is 6.10. The third kappa shape index (κ3) is 5.69. The van der Waals surface area contributed by atoms with E-state index in [2.05, 4.69) is 21.2 Å². The summed E-state index contributed by atoms with van der Waals surface area (Å²) < 4.78 is 37.0. The Morgan fingerprint density at radius 1 is 1.44 bits per heavy atom. The molecule has 0 radical (unpaired) electrons. The lowest BCUT2D eigenvalue weighted by Crippen LogP contribution is -2.20. The Bertz CT molecular complexity index is 405. The van der Waals surface area contributed by atoms with E-state index >= 15 is 0 Å². The molecule has 0 aromatic heterocycles. The van der Waals surface area contributed by atoms with Crippen molar-refractivity contribution in [1.29, 1.82) is 0 Å². The molecule has 0 saturated heterocycles. The maximum atomic E-state index is 12.2. The summed E-state index contributed by atoms with van der Waals surface area (Å²) in [5.74, 6) is 0.0899. The van der Waals surface area contributed by atoms with Gasteiger partial charge in [-0.25, -0.2) is 0 Å². The average molecular weight is 365 g/mol. The first-order chi connectivity index (χ1) is 8.31. The number of hydrogen-bond donors (Lipinski definition) is 2. The van der Waals surface area contributed by atoms with Crippen LogP contribution in [0.5, 0.6) is 0 Å². The van der Waals surface area contributed by atoms with E-state index in [4.69, 9.17) is 11.6 Å². The monoisotopic (exact) mass is 363 g/mol. The summed E-state index contributed by atoms with van der Waals surface area (Å²) in [5.41, 5.74) is -3.70. The Morgan fingerprint density at radius 3 is 2.61 bits per heavy atom. The lowest BCUT2D eigenvalue weighted by atomic mass is 10.3. The van der Waals surface area contributed by atoms with E-state index in [-0.39, 0.29) is 29.1 Å². The Hall–Kier alpha value is -0.110. The minimum Gasteiger partial charge on any atom is -0.390 e. The molecule has 102 valence electrons. The van der Waals surface area contributed by atoms with Gasteiger partial charge in [0.05, 0.1) is 12.0 Å². The van der Waals surface area contributed by atoms with E-state index in [9.17, 15) is 18.3 Å². The molecule has 1 atom stereocenters. The number of alkyl halides is 4. The quantitative estimate of drug-likeness (QED) is 0.610. The molecule has 0 aliphatic rings. The number of benzene rings is 1. The largest absolute Gasteiger partial charge is 0.446 e. The molecule has 0 amide bonds. The van der Waals surface area contributed by atoms with Crippen LogP contribution in [0.15, 0.2) is 27.6 Å². The molecule has 0 spiro atoms. The van der Waals surface area contributed by atoms with Gasteiger partial charge in [0, 0.05) is 21.6 Å². The van der Waals surface area contributed by atoms with Crippen LogP contribution in [-0.2, 0) is 0 Å². The first-order valence-corrected chi connectivity index (χ1v) is 6.99. The molecule has 0 aliphatic carbocycles. The van der Waals surface area contributed by atoms with Gasteiger partial charge in [-0.3, -0.25) is 0 Å². The number of aliphatic hydroxyl groups is 1. The van der Waals surface area contributed by atoms with Gasteiger partial charge in [-0.15, -0.1) is 11.6 Å². The van der Waals surface area contributed by atoms with Crippen LogP contribution in [0.4, 0.5) is 18.9 Å². The first-order valence-electron chi connectivity index (χ1n) is 4.85. The molecular formula is C10H10BrClF3NOS. The van der Waals surface area contributed by atoms with Crippen molar-refractivity contribution in [2.45, 2.75) is 16.5 Å². The Balaban J connectivity index is 2.68. The van der Waals surface area contributed by atoms with Crippen molar-refractivity contribution in [2.75, 3.05) is 17.7 Å². The number of halogens is 5. The molecule has 1 aromatic rings. The van der Waals surface area contributed by atoms with Crippen LogP contribution >= 0.6 is 39.3 Å². The molecule has 0 saturated carbocycles. The normalized spacial score (nSPS) is 13.4. The van der Waals surface area contributed by atoms with Crippen molar-refractivity contribution < 1.29 is 18.3 Å². The predicted molar refractivity (Wildman–Crippen MR) is 71.3 cm³/mol. The molecule has 0 heterocycles. The number of anilines is 1. The average Bonchev–Trinajstić information content (AvgIpc) is 2.25. The highest BCUT2D eigenvalue weighted by molar-refractivity contribution is 9.10. The predicted octanol–water partition coefficient (Wildman–Crippen LogP) is 4.07. The highest BCUT2D eigenvalue weighted by Gasteiger charge is 2.29. The summed E-state index contributed by atoms with van der Waals surface area (Å²) >= 11 is 8.42. The second kappa shape index (κ2) is 6.88. The lowest BCUT2D eigenvalue weighted by molar-refractivity contribution is -0.0328. The van der Waals surface area contributed by atoms with Crippen molar-refractivity contribution in [3.8, 4) is 0 Å². The van der Waals surface area contributed by atoms with Crippen molar-refractivity contribution in [2.24, 2.45) is 0 Å². The Labute approximate surface area is 120 Å². The topological polar surface area (TPSA) is 32.3 Å². The minimum absolute atomic E-state index is 0.0899. The zero-order chi connectivity index (χ0) is 13.8. The third-order valence-electron chi connectivity index (χ3n) is 1.88. The van der Waals surface area contributed by atoms with E-state index in [0.717, 1.165) is 0 Å². The fraction of sp³-hybridized carbons (Fsp3) is 0.400. The second-order valence-electron chi connectivity index (χ2n) is 3.38. The van der Waals surface area contributed by atoms with Crippen LogP contribution in [0.2, 0.25) is 0 Å². The van der Waals surface area contributed by atoms with Crippen LogP contribution < -0.4 is 5.32 Å². The maximum absolute atomic E-state index is 12.2. The van der Waals surface area contributed by atoms with Crippen molar-refractivity contribution in [3.63, 3.8) is 0 Å². The number of aliphatic hydroxyl groups excluding tert-OH is 1. The highest BCUT2D eigenvalue weighted by Crippen LogP contribution is 2.39. The van der Waals surface area contributed by atoms with Crippen LogP contribution in [0.25, 0.3) is 0 Å². The van der Waals surface area contributed by atoms with Crippen molar-refractivity contribution in [1.82, 2.24) is 0 Å². The fourth-order valence-corrected chi connectivity index (χ4v) is 2.48. The van der Waals surface area contributed by atoms with Gasteiger partial charge < -0.3 is 10.4 Å². The molecule has 0 aliphatic heterocycles. The molecule has 0 bridgehead atoms. The van der Waals surface area contributed by atoms with Crippen molar-refractivity contribution >= 4 is 45.0 Å². The molecule has 8 heteroatoms. The van der Waals surface area contributed by atoms with Gasteiger partial charge in [0.2, 0.25) is 0 Å². The second-order valence-corrected chi connectivity index (χ2v) is 5.68. The highest BCUT2D eigenvalue weighted by atomic mass is 79.9. The van der Waals surface area contributed by atoms with Crippen LogP contribution in [0, 0.1) is 0 Å². The van der Waals surface area contributed by atoms with Gasteiger partial charge in [0.25, 0.3) is 0 Å². The molecule has 1 rings (SSSR count). The molecule has 2 nitrogen and oxygen atoms in total. The van der Waals surface area contributed by atoms with Gasteiger partial charge in [-0.1, -0.05) is 0 Å². The van der Waals surface area contributed by atoms with E-state index in [1.165, 1.54) is 18.2 Å². The van der Waals surface area contributed by atoms with Gasteiger partial charge in [-0.05, 0) is 45.9 Å². The SMILES string of the molecule is OC(CCl)CNc1ccc(SC(F)(F)F)cc1Br. The lowest BCUT2D eigenvalue weighted by Gasteiger charge is -2.13. The summed E-state index contributed by atoms with van der Waals surface area (Å²) in [5, 5.41) is 12.1. The summed E-state index contributed by atoms with van der Waals surface area (Å²) in [6.07, 6.45) is -0.706. The van der Waals surface area contributed by atoms with Crippen molar-refractivity contribution in [3.05, 3.63) is 22.7 Å². The van der Waals surface area contributed by atoms with Gasteiger partial charge in [0.1, 0.15) is 0 Å². The van der Waals surface area contributed by atoms with E-state index in [1.54, 1.807) is 0 Å². The molecule has 1 aromatic carbocycles. The van der Waals surface area contributed by atoms with E-state index in [1.807, 2.05) is 0 Å². The van der Waals surface area contributed by atoms with E-state index in [0.29, 0.717) is 10.2 Å². The number of nitrogens with one attached hydrogen (secondary N) is 1. The number of thioether (sulfide) groups is 1. The van der Waals surface area contributed by atoms with Gasteiger partial charge in [-0.2, -0.15) is 13.2 Å². The zero-order valence-corrected chi connectivity index (χ0v) is 12.1. The van der Waals surface area contributed by atoms with Crippen LogP contribution in [0.1, 0.15) is 0 Å². The molecule has 0 fully saturated rings. The maximum Gasteiger partial charge on any atom is 0.446 e. The standard InChI is InChI=1S/C10H10BrClF3NOS/c11-8-3-7(18-10(13,14)15)1-2-9(8)16-5-6(17)4-12/h1-3,6,16-17H,4-5H2. The number of rotatable bonds is 5. The third-order valence-corrected chi connectivity index (χ3v) is 3.61. The summed E-state index contributed by atoms with van der Waals surface area (Å²) in [7, 11) is 0. The first kappa shape index (κ1) is 15.9. The zero-order valence-electron chi connectivity index (χ0n) is 8.97. The molecular weight excluding hydrogens is 355 g/mol. The number of hydrogen-bond acceptors (Lipinski definition) is 3.